The Balaban J connectivity index is 1.76. The molecule has 1 N–H and O–H groups in total. The molecular formula is C21H26N2O4S. The highest BCUT2D eigenvalue weighted by Gasteiger charge is 2.31. The van der Waals surface area contributed by atoms with Crippen LogP contribution >= 0.6 is 0 Å². The summed E-state index contributed by atoms with van der Waals surface area (Å²) in [6, 6.07) is 13.2. The predicted molar refractivity (Wildman–Crippen MR) is 109 cm³/mol. The number of hydrogen-bond acceptors (Lipinski definition) is 4. The number of nitrogens with one attached hydrogen (secondary N) is 1. The zero-order valence-electron chi connectivity index (χ0n) is 16.4. The molecule has 28 heavy (non-hydrogen) atoms. The summed E-state index contributed by atoms with van der Waals surface area (Å²) in [5, 5.41) is 2.79. The number of benzene rings is 2. The van der Waals surface area contributed by atoms with E-state index in [1.807, 2.05) is 6.07 Å². The van der Waals surface area contributed by atoms with Crippen molar-refractivity contribution in [2.24, 2.45) is 11.8 Å². The Kier molecular flexibility index (Phi) is 6.05. The Hall–Kier alpha value is -2.38. The van der Waals surface area contributed by atoms with Crippen LogP contribution in [0, 0.1) is 11.8 Å². The van der Waals surface area contributed by atoms with Gasteiger partial charge in [0.1, 0.15) is 5.75 Å². The fourth-order valence-electron chi connectivity index (χ4n) is 3.67. The smallest absolute Gasteiger partial charge is 0.255 e. The van der Waals surface area contributed by atoms with E-state index in [9.17, 15) is 13.2 Å². The van der Waals surface area contributed by atoms with Gasteiger partial charge >= 0.3 is 0 Å². The molecule has 2 aromatic rings. The summed E-state index contributed by atoms with van der Waals surface area (Å²) in [6.45, 7) is 5.21. The minimum absolute atomic E-state index is 0.211. The molecule has 2 aromatic carbocycles. The molecule has 3 rings (SSSR count). The molecule has 2 atom stereocenters. The molecule has 0 aliphatic carbocycles. The van der Waals surface area contributed by atoms with E-state index in [0.717, 1.165) is 6.42 Å². The van der Waals surface area contributed by atoms with Crippen molar-refractivity contribution in [2.75, 3.05) is 25.5 Å². The van der Waals surface area contributed by atoms with Crippen molar-refractivity contribution in [3.8, 4) is 5.75 Å². The number of para-hydroxylation sites is 2. The zero-order valence-corrected chi connectivity index (χ0v) is 17.2. The summed E-state index contributed by atoms with van der Waals surface area (Å²) < 4.78 is 32.7. The van der Waals surface area contributed by atoms with Crippen LogP contribution < -0.4 is 10.1 Å². The number of piperidine rings is 1. The molecule has 0 unspecified atom stereocenters. The molecule has 0 spiro atoms. The summed E-state index contributed by atoms with van der Waals surface area (Å²) >= 11 is 0. The number of ether oxygens (including phenoxy) is 1. The molecule has 1 amide bonds. The number of hydrogen-bond donors (Lipinski definition) is 1. The average molecular weight is 403 g/mol. The lowest BCUT2D eigenvalue weighted by molar-refractivity contribution is 0.102. The second kappa shape index (κ2) is 8.32. The van der Waals surface area contributed by atoms with Gasteiger partial charge in [-0.05, 0) is 54.7 Å². The Morgan fingerprint density at radius 1 is 1.04 bits per heavy atom. The number of nitrogens with zero attached hydrogens (tertiary/aromatic N) is 1. The van der Waals surface area contributed by atoms with E-state index in [-0.39, 0.29) is 10.8 Å². The topological polar surface area (TPSA) is 75.7 Å². The van der Waals surface area contributed by atoms with Gasteiger partial charge in [0.15, 0.2) is 0 Å². The molecule has 0 radical (unpaired) electrons. The van der Waals surface area contributed by atoms with E-state index in [0.29, 0.717) is 41.9 Å². The van der Waals surface area contributed by atoms with E-state index in [1.165, 1.54) is 31.4 Å². The first-order valence-corrected chi connectivity index (χ1v) is 10.8. The number of methoxy groups -OCH3 is 1. The van der Waals surface area contributed by atoms with E-state index < -0.39 is 10.0 Å². The normalized spacial score (nSPS) is 20.5. The summed E-state index contributed by atoms with van der Waals surface area (Å²) in [4.78, 5) is 12.7. The summed E-state index contributed by atoms with van der Waals surface area (Å²) in [6.07, 6.45) is 1.04. The van der Waals surface area contributed by atoms with Crippen LogP contribution in [0.5, 0.6) is 5.75 Å². The standard InChI is InChI=1S/C21H26N2O4S/c1-15-12-16(2)14-23(13-15)28(25,26)18-10-8-17(9-11-18)21(24)22-19-6-4-5-7-20(19)27-3/h4-11,15-16H,12-14H2,1-3H3,(H,22,24)/t15-,16+. The van der Waals surface area contributed by atoms with Crippen LogP contribution in [0.1, 0.15) is 30.6 Å². The Labute approximate surface area is 166 Å². The van der Waals surface area contributed by atoms with Gasteiger partial charge in [0, 0.05) is 18.7 Å². The van der Waals surface area contributed by atoms with Crippen LogP contribution in [0.15, 0.2) is 53.4 Å². The van der Waals surface area contributed by atoms with Crippen LogP contribution in [0.3, 0.4) is 0 Å². The molecule has 150 valence electrons. The first kappa shape index (κ1) is 20.4. The Bertz CT molecular complexity index is 931. The van der Waals surface area contributed by atoms with Crippen LogP contribution in [-0.2, 0) is 10.0 Å². The Morgan fingerprint density at radius 2 is 1.64 bits per heavy atom. The molecule has 0 aromatic heterocycles. The molecule has 0 saturated carbocycles. The van der Waals surface area contributed by atoms with Gasteiger partial charge in [-0.1, -0.05) is 26.0 Å². The first-order valence-electron chi connectivity index (χ1n) is 9.36. The van der Waals surface area contributed by atoms with Crippen LogP contribution in [-0.4, -0.2) is 38.8 Å². The third kappa shape index (κ3) is 4.36. The molecule has 0 bridgehead atoms. The largest absolute Gasteiger partial charge is 0.495 e. The second-order valence-electron chi connectivity index (χ2n) is 7.45. The number of anilines is 1. The summed E-state index contributed by atoms with van der Waals surface area (Å²) in [5.41, 5.74) is 0.938. The maximum atomic E-state index is 12.9. The minimum Gasteiger partial charge on any atom is -0.495 e. The van der Waals surface area contributed by atoms with Gasteiger partial charge in [0.05, 0.1) is 17.7 Å². The van der Waals surface area contributed by atoms with Gasteiger partial charge in [-0.3, -0.25) is 4.79 Å². The van der Waals surface area contributed by atoms with Crippen molar-refractivity contribution in [2.45, 2.75) is 25.2 Å². The van der Waals surface area contributed by atoms with Gasteiger partial charge in [-0.15, -0.1) is 0 Å². The lowest BCUT2D eigenvalue weighted by atomic mass is 9.94. The van der Waals surface area contributed by atoms with E-state index in [2.05, 4.69) is 19.2 Å². The van der Waals surface area contributed by atoms with Gasteiger partial charge in [0.25, 0.3) is 5.91 Å². The maximum Gasteiger partial charge on any atom is 0.255 e. The highest BCUT2D eigenvalue weighted by molar-refractivity contribution is 7.89. The zero-order chi connectivity index (χ0) is 20.3. The maximum absolute atomic E-state index is 12.9. The lowest BCUT2D eigenvalue weighted by Gasteiger charge is -2.34. The van der Waals surface area contributed by atoms with E-state index >= 15 is 0 Å². The molecule has 1 fully saturated rings. The van der Waals surface area contributed by atoms with E-state index in [1.54, 1.807) is 22.5 Å². The van der Waals surface area contributed by atoms with Gasteiger partial charge in [-0.25, -0.2) is 8.42 Å². The Morgan fingerprint density at radius 3 is 2.25 bits per heavy atom. The number of rotatable bonds is 5. The molecule has 1 aliphatic rings. The molecular weight excluding hydrogens is 376 g/mol. The number of sulfonamides is 1. The monoisotopic (exact) mass is 402 g/mol. The number of carbonyl (C=O) groups excluding carboxylic acids is 1. The number of amides is 1. The third-order valence-electron chi connectivity index (χ3n) is 4.94. The van der Waals surface area contributed by atoms with Crippen molar-refractivity contribution in [3.05, 3.63) is 54.1 Å². The first-order chi connectivity index (χ1) is 13.3. The van der Waals surface area contributed by atoms with Gasteiger partial charge in [0.2, 0.25) is 10.0 Å². The van der Waals surface area contributed by atoms with Crippen molar-refractivity contribution < 1.29 is 17.9 Å². The van der Waals surface area contributed by atoms with Crippen molar-refractivity contribution in [1.29, 1.82) is 0 Å². The molecule has 7 heteroatoms. The average Bonchev–Trinajstić information content (AvgIpc) is 2.67. The van der Waals surface area contributed by atoms with Gasteiger partial charge < -0.3 is 10.1 Å². The van der Waals surface area contributed by atoms with Crippen molar-refractivity contribution in [1.82, 2.24) is 4.31 Å². The highest BCUT2D eigenvalue weighted by Crippen LogP contribution is 2.27. The van der Waals surface area contributed by atoms with Crippen LogP contribution in [0.4, 0.5) is 5.69 Å². The SMILES string of the molecule is COc1ccccc1NC(=O)c1ccc(S(=O)(=O)N2C[C@H](C)C[C@H](C)C2)cc1. The quantitative estimate of drug-likeness (QED) is 0.829. The molecule has 1 heterocycles. The third-order valence-corrected chi connectivity index (χ3v) is 6.79. The second-order valence-corrected chi connectivity index (χ2v) is 9.38. The van der Waals surface area contributed by atoms with Crippen molar-refractivity contribution >= 4 is 21.6 Å². The van der Waals surface area contributed by atoms with Crippen LogP contribution in [0.2, 0.25) is 0 Å². The molecule has 1 saturated heterocycles. The lowest BCUT2D eigenvalue weighted by Crippen LogP contribution is -2.42. The fourth-order valence-corrected chi connectivity index (χ4v) is 5.35. The minimum atomic E-state index is -3.56. The predicted octanol–water partition coefficient (Wildman–Crippen LogP) is 3.61. The molecule has 6 nitrogen and oxygen atoms in total. The summed E-state index contributed by atoms with van der Waals surface area (Å²) in [7, 11) is -2.02. The van der Waals surface area contributed by atoms with Crippen LogP contribution in [0.25, 0.3) is 0 Å². The highest BCUT2D eigenvalue weighted by atomic mass is 32.2. The van der Waals surface area contributed by atoms with Gasteiger partial charge in [-0.2, -0.15) is 4.31 Å². The van der Waals surface area contributed by atoms with E-state index in [4.69, 9.17) is 4.74 Å². The fraction of sp³-hybridized carbons (Fsp3) is 0.381. The number of carbonyl (C=O) groups is 1. The molecule has 1 aliphatic heterocycles. The summed E-state index contributed by atoms with van der Waals surface area (Å²) in [5.74, 6) is 0.908. The van der Waals surface area contributed by atoms with Crippen molar-refractivity contribution in [3.63, 3.8) is 0 Å².